The first-order chi connectivity index (χ1) is 9.19. The molecule has 2 rings (SSSR count). The number of hydrogen-bond donors (Lipinski definition) is 2. The lowest BCUT2D eigenvalue weighted by Gasteiger charge is -2.33. The number of hydrogen-bond acceptors (Lipinski definition) is 3. The largest absolute Gasteiger partial charge is 0.481 e. The van der Waals surface area contributed by atoms with Crippen LogP contribution in [0.25, 0.3) is 0 Å². The summed E-state index contributed by atoms with van der Waals surface area (Å²) >= 11 is 0. The number of rotatable bonds is 2. The van der Waals surface area contributed by atoms with Gasteiger partial charge in [0, 0.05) is 19.6 Å². The van der Waals surface area contributed by atoms with Gasteiger partial charge in [-0.25, -0.2) is 0 Å². The fraction of sp³-hybridized carbons (Fsp3) is 0.833. The van der Waals surface area contributed by atoms with E-state index in [0.29, 0.717) is 0 Å². The van der Waals surface area contributed by atoms with Crippen molar-refractivity contribution < 1.29 is 27.9 Å². The molecule has 0 radical (unpaired) electrons. The lowest BCUT2D eigenvalue weighted by molar-refractivity contribution is -0.221. The molecule has 2 N–H and O–H groups in total. The van der Waals surface area contributed by atoms with Gasteiger partial charge in [0.2, 0.25) is 5.91 Å². The number of nitrogens with one attached hydrogen (secondary N) is 1. The van der Waals surface area contributed by atoms with Crippen molar-refractivity contribution in [3.8, 4) is 0 Å². The van der Waals surface area contributed by atoms with Gasteiger partial charge in [-0.1, -0.05) is 6.92 Å². The van der Waals surface area contributed by atoms with Crippen LogP contribution in [0.3, 0.4) is 0 Å². The highest BCUT2D eigenvalue weighted by atomic mass is 19.4. The van der Waals surface area contributed by atoms with E-state index in [0.717, 1.165) is 4.90 Å². The van der Waals surface area contributed by atoms with Crippen LogP contribution in [0.5, 0.6) is 0 Å². The van der Waals surface area contributed by atoms with E-state index in [9.17, 15) is 22.8 Å². The van der Waals surface area contributed by atoms with E-state index in [-0.39, 0.29) is 32.0 Å². The first kappa shape index (κ1) is 15.1. The van der Waals surface area contributed by atoms with Crippen LogP contribution in [0.4, 0.5) is 13.2 Å². The van der Waals surface area contributed by atoms with Gasteiger partial charge in [0.1, 0.15) is 0 Å². The van der Waals surface area contributed by atoms with Crippen molar-refractivity contribution in [2.24, 2.45) is 17.3 Å². The standard InChI is InChI=1S/C12H17F3N2O3/c1-7-4-17(5-8(7)9(18)19)10(20)11(12(13,14)15)2-3-16-6-11/h7-8,16H,2-6H2,1H3,(H,18,19). The fourth-order valence-corrected chi connectivity index (χ4v) is 2.99. The molecule has 2 fully saturated rings. The van der Waals surface area contributed by atoms with Crippen molar-refractivity contribution in [3.05, 3.63) is 0 Å². The van der Waals surface area contributed by atoms with E-state index in [2.05, 4.69) is 5.32 Å². The molecule has 0 aromatic rings. The first-order valence-corrected chi connectivity index (χ1v) is 6.48. The summed E-state index contributed by atoms with van der Waals surface area (Å²) in [5.74, 6) is -3.20. The average Bonchev–Trinajstić information content (AvgIpc) is 2.93. The summed E-state index contributed by atoms with van der Waals surface area (Å²) in [6.07, 6.45) is -4.92. The van der Waals surface area contributed by atoms with Crippen LogP contribution in [0, 0.1) is 17.3 Å². The number of carbonyl (C=O) groups excluding carboxylic acids is 1. The van der Waals surface area contributed by atoms with Crippen molar-refractivity contribution >= 4 is 11.9 Å². The highest BCUT2D eigenvalue weighted by molar-refractivity contribution is 5.85. The number of amides is 1. The predicted molar refractivity (Wildman–Crippen MR) is 62.8 cm³/mol. The summed E-state index contributed by atoms with van der Waals surface area (Å²) < 4.78 is 39.8. The minimum Gasteiger partial charge on any atom is -0.481 e. The Balaban J connectivity index is 2.21. The maximum absolute atomic E-state index is 13.3. The Kier molecular flexibility index (Phi) is 3.70. The third-order valence-corrected chi connectivity index (χ3v) is 4.32. The van der Waals surface area contributed by atoms with E-state index in [1.807, 2.05) is 0 Å². The first-order valence-electron chi connectivity index (χ1n) is 6.48. The Morgan fingerprint density at radius 1 is 1.35 bits per heavy atom. The molecule has 2 heterocycles. The zero-order chi connectivity index (χ0) is 15.1. The Labute approximate surface area is 114 Å². The molecular formula is C12H17F3N2O3. The van der Waals surface area contributed by atoms with Crippen molar-refractivity contribution in [1.82, 2.24) is 10.2 Å². The van der Waals surface area contributed by atoms with Gasteiger partial charge in [-0.2, -0.15) is 13.2 Å². The van der Waals surface area contributed by atoms with E-state index in [1.165, 1.54) is 0 Å². The molecule has 3 atom stereocenters. The lowest BCUT2D eigenvalue weighted by atomic mass is 9.84. The van der Waals surface area contributed by atoms with Crippen LogP contribution < -0.4 is 5.32 Å². The van der Waals surface area contributed by atoms with Crippen LogP contribution in [-0.4, -0.2) is 54.2 Å². The van der Waals surface area contributed by atoms with E-state index >= 15 is 0 Å². The van der Waals surface area contributed by atoms with Gasteiger partial charge < -0.3 is 15.3 Å². The number of carboxylic acids is 1. The molecule has 0 spiro atoms. The smallest absolute Gasteiger partial charge is 0.404 e. The molecule has 2 aliphatic heterocycles. The molecule has 114 valence electrons. The van der Waals surface area contributed by atoms with E-state index < -0.39 is 35.9 Å². The normalized spacial score (nSPS) is 34.5. The Morgan fingerprint density at radius 3 is 2.40 bits per heavy atom. The molecule has 0 aromatic heterocycles. The van der Waals surface area contributed by atoms with Crippen molar-refractivity contribution in [2.75, 3.05) is 26.2 Å². The number of carbonyl (C=O) groups is 2. The molecule has 3 unspecified atom stereocenters. The summed E-state index contributed by atoms with van der Waals surface area (Å²) in [6, 6.07) is 0. The minimum atomic E-state index is -4.63. The second kappa shape index (κ2) is 4.91. The third-order valence-electron chi connectivity index (χ3n) is 4.32. The topological polar surface area (TPSA) is 69.6 Å². The lowest BCUT2D eigenvalue weighted by Crippen LogP contribution is -2.53. The maximum Gasteiger partial charge on any atom is 0.404 e. The summed E-state index contributed by atoms with van der Waals surface area (Å²) in [6.45, 7) is 1.26. The third kappa shape index (κ3) is 2.25. The molecule has 0 bridgehead atoms. The second-order valence-corrected chi connectivity index (χ2v) is 5.64. The van der Waals surface area contributed by atoms with Crippen LogP contribution >= 0.6 is 0 Å². The Hall–Kier alpha value is -1.31. The number of carboxylic acid groups (broad SMARTS) is 1. The molecule has 2 aliphatic rings. The summed E-state index contributed by atoms with van der Waals surface area (Å²) in [7, 11) is 0. The number of alkyl halides is 3. The van der Waals surface area contributed by atoms with Crippen LogP contribution in [0.15, 0.2) is 0 Å². The molecule has 0 saturated carbocycles. The zero-order valence-corrected chi connectivity index (χ0v) is 11.0. The van der Waals surface area contributed by atoms with Gasteiger partial charge in [0.05, 0.1) is 5.92 Å². The molecule has 0 aliphatic carbocycles. The van der Waals surface area contributed by atoms with E-state index in [4.69, 9.17) is 5.11 Å². The van der Waals surface area contributed by atoms with Crippen LogP contribution in [0.2, 0.25) is 0 Å². The Morgan fingerprint density at radius 2 is 2.00 bits per heavy atom. The minimum absolute atomic E-state index is 0.0631. The van der Waals surface area contributed by atoms with Gasteiger partial charge >= 0.3 is 12.1 Å². The summed E-state index contributed by atoms with van der Waals surface area (Å²) in [5, 5.41) is 11.6. The predicted octanol–water partition coefficient (Wildman–Crippen LogP) is 0.707. The molecule has 20 heavy (non-hydrogen) atoms. The van der Waals surface area contributed by atoms with Crippen LogP contribution in [-0.2, 0) is 9.59 Å². The van der Waals surface area contributed by atoms with Crippen LogP contribution in [0.1, 0.15) is 13.3 Å². The van der Waals surface area contributed by atoms with Crippen molar-refractivity contribution in [2.45, 2.75) is 19.5 Å². The molecular weight excluding hydrogens is 277 g/mol. The SMILES string of the molecule is CC1CN(C(=O)C2(C(F)(F)F)CCNC2)CC1C(=O)O. The highest BCUT2D eigenvalue weighted by Crippen LogP contribution is 2.45. The number of likely N-dealkylation sites (tertiary alicyclic amines) is 1. The van der Waals surface area contributed by atoms with E-state index in [1.54, 1.807) is 6.92 Å². The average molecular weight is 294 g/mol. The van der Waals surface area contributed by atoms with Gasteiger partial charge in [-0.3, -0.25) is 9.59 Å². The molecule has 0 aromatic carbocycles. The van der Waals surface area contributed by atoms with Crippen molar-refractivity contribution in [3.63, 3.8) is 0 Å². The fourth-order valence-electron chi connectivity index (χ4n) is 2.99. The van der Waals surface area contributed by atoms with Gasteiger partial charge in [0.25, 0.3) is 0 Å². The van der Waals surface area contributed by atoms with Crippen molar-refractivity contribution in [1.29, 1.82) is 0 Å². The molecule has 1 amide bonds. The van der Waals surface area contributed by atoms with Gasteiger partial charge in [-0.15, -0.1) is 0 Å². The molecule has 2 saturated heterocycles. The highest BCUT2D eigenvalue weighted by Gasteiger charge is 2.63. The number of aliphatic carboxylic acids is 1. The number of halogens is 3. The monoisotopic (exact) mass is 294 g/mol. The maximum atomic E-state index is 13.3. The Bertz CT molecular complexity index is 419. The summed E-state index contributed by atoms with van der Waals surface area (Å²) in [4.78, 5) is 24.4. The molecule has 5 nitrogen and oxygen atoms in total. The van der Waals surface area contributed by atoms with Gasteiger partial charge in [-0.05, 0) is 18.9 Å². The van der Waals surface area contributed by atoms with Gasteiger partial charge in [0.15, 0.2) is 5.41 Å². The molecule has 8 heteroatoms. The summed E-state index contributed by atoms with van der Waals surface area (Å²) in [5.41, 5.74) is -2.40. The zero-order valence-electron chi connectivity index (χ0n) is 11.0. The number of nitrogens with zero attached hydrogens (tertiary/aromatic N) is 1. The second-order valence-electron chi connectivity index (χ2n) is 5.64. The quantitative estimate of drug-likeness (QED) is 0.787.